The molecule has 1 aliphatic rings. The van der Waals surface area contributed by atoms with E-state index in [4.69, 9.17) is 0 Å². The number of hydrogen-bond donors (Lipinski definition) is 0. The Kier molecular flexibility index (Phi) is 5.14. The summed E-state index contributed by atoms with van der Waals surface area (Å²) in [6, 6.07) is 0.240. The van der Waals surface area contributed by atoms with E-state index in [1.807, 2.05) is 18.9 Å². The first-order valence-electron chi connectivity index (χ1n) is 8.12. The van der Waals surface area contributed by atoms with E-state index in [0.717, 1.165) is 28.4 Å². The summed E-state index contributed by atoms with van der Waals surface area (Å²) in [5, 5.41) is 1.00. The van der Waals surface area contributed by atoms with Gasteiger partial charge in [-0.25, -0.2) is 4.98 Å². The molecular formula is C17H27N3O2S. The lowest BCUT2D eigenvalue weighted by atomic mass is 9.98. The van der Waals surface area contributed by atoms with Crippen molar-refractivity contribution in [3.63, 3.8) is 0 Å². The van der Waals surface area contributed by atoms with Crippen molar-refractivity contribution in [2.75, 3.05) is 20.1 Å². The molecular weight excluding hydrogens is 310 g/mol. The summed E-state index contributed by atoms with van der Waals surface area (Å²) >= 11 is 1.51. The molecule has 23 heavy (non-hydrogen) atoms. The second-order valence-corrected chi connectivity index (χ2v) is 8.34. The Bertz CT molecular complexity index is 595. The number of amides is 2. The highest BCUT2D eigenvalue weighted by atomic mass is 32.1. The van der Waals surface area contributed by atoms with Crippen LogP contribution in [0.15, 0.2) is 0 Å². The van der Waals surface area contributed by atoms with Crippen LogP contribution in [0.4, 0.5) is 0 Å². The number of likely N-dealkylation sites (tertiary alicyclic amines) is 1. The van der Waals surface area contributed by atoms with Gasteiger partial charge in [-0.15, -0.1) is 11.3 Å². The van der Waals surface area contributed by atoms with Gasteiger partial charge >= 0.3 is 0 Å². The van der Waals surface area contributed by atoms with Crippen LogP contribution in [0.5, 0.6) is 0 Å². The van der Waals surface area contributed by atoms with Gasteiger partial charge in [-0.05, 0) is 19.8 Å². The van der Waals surface area contributed by atoms with Gasteiger partial charge in [-0.3, -0.25) is 9.59 Å². The maximum atomic E-state index is 12.8. The van der Waals surface area contributed by atoms with E-state index in [1.54, 1.807) is 11.8 Å². The Hall–Kier alpha value is -1.43. The molecule has 0 aromatic carbocycles. The number of aromatic nitrogens is 1. The fourth-order valence-corrected chi connectivity index (χ4v) is 3.86. The second-order valence-electron chi connectivity index (χ2n) is 7.34. The van der Waals surface area contributed by atoms with E-state index in [9.17, 15) is 9.59 Å². The van der Waals surface area contributed by atoms with Crippen LogP contribution < -0.4 is 0 Å². The van der Waals surface area contributed by atoms with Crippen molar-refractivity contribution in [2.45, 2.75) is 58.9 Å². The number of thiazole rings is 1. The van der Waals surface area contributed by atoms with Gasteiger partial charge in [0.25, 0.3) is 5.91 Å². The molecule has 0 spiro atoms. The maximum Gasteiger partial charge on any atom is 0.265 e. The molecule has 1 aromatic heterocycles. The van der Waals surface area contributed by atoms with Crippen molar-refractivity contribution in [2.24, 2.45) is 0 Å². The van der Waals surface area contributed by atoms with Gasteiger partial charge in [0.2, 0.25) is 5.91 Å². The predicted octanol–water partition coefficient (Wildman–Crippen LogP) is 2.83. The van der Waals surface area contributed by atoms with Crippen LogP contribution in [0.3, 0.4) is 0 Å². The number of carbonyl (C=O) groups is 2. The normalized spacial score (nSPS) is 16.5. The molecule has 6 heteroatoms. The third kappa shape index (κ3) is 3.91. The van der Waals surface area contributed by atoms with Gasteiger partial charge in [0.1, 0.15) is 4.88 Å². The lowest BCUT2D eigenvalue weighted by molar-refractivity contribution is -0.130. The zero-order valence-corrected chi connectivity index (χ0v) is 15.8. The highest BCUT2D eigenvalue weighted by molar-refractivity contribution is 7.14. The Labute approximate surface area is 142 Å². The van der Waals surface area contributed by atoms with Crippen LogP contribution in [-0.4, -0.2) is 52.8 Å². The molecule has 2 heterocycles. The largest absolute Gasteiger partial charge is 0.343 e. The van der Waals surface area contributed by atoms with E-state index < -0.39 is 0 Å². The average molecular weight is 337 g/mol. The Morgan fingerprint density at radius 3 is 2.26 bits per heavy atom. The molecule has 0 bridgehead atoms. The van der Waals surface area contributed by atoms with Crippen LogP contribution in [0.1, 0.15) is 60.9 Å². The van der Waals surface area contributed by atoms with Gasteiger partial charge in [0.05, 0.1) is 10.7 Å². The van der Waals surface area contributed by atoms with Crippen LogP contribution in [0.25, 0.3) is 0 Å². The number of hydrogen-bond acceptors (Lipinski definition) is 4. The van der Waals surface area contributed by atoms with Crippen LogP contribution in [0.2, 0.25) is 0 Å². The minimum atomic E-state index is -0.0366. The molecule has 5 nitrogen and oxygen atoms in total. The fraction of sp³-hybridized carbons (Fsp3) is 0.706. The number of carbonyl (C=O) groups excluding carboxylic acids is 2. The van der Waals surface area contributed by atoms with Crippen molar-refractivity contribution >= 4 is 23.2 Å². The maximum absolute atomic E-state index is 12.8. The molecule has 1 aliphatic heterocycles. The first-order chi connectivity index (χ1) is 10.6. The molecule has 0 radical (unpaired) electrons. The molecule has 2 rings (SSSR count). The molecule has 0 saturated carbocycles. The average Bonchev–Trinajstić information content (AvgIpc) is 2.88. The van der Waals surface area contributed by atoms with E-state index >= 15 is 0 Å². The summed E-state index contributed by atoms with van der Waals surface area (Å²) in [5.41, 5.74) is 0.790. The second kappa shape index (κ2) is 6.59. The molecule has 0 N–H and O–H groups in total. The molecule has 1 aromatic rings. The lowest BCUT2D eigenvalue weighted by Gasteiger charge is -2.36. The summed E-state index contributed by atoms with van der Waals surface area (Å²) in [4.78, 5) is 33.3. The van der Waals surface area contributed by atoms with Gasteiger partial charge in [0.15, 0.2) is 0 Å². The molecule has 1 saturated heterocycles. The molecule has 0 atom stereocenters. The van der Waals surface area contributed by atoms with Gasteiger partial charge in [0, 0.05) is 38.5 Å². The van der Waals surface area contributed by atoms with Crippen molar-refractivity contribution in [1.29, 1.82) is 0 Å². The standard InChI is InChI=1S/C17H27N3O2S/c1-11-14(23-16(18-11)17(3,4)5)15(22)20-9-7-13(8-10-20)19(6)12(2)21/h13H,7-10H2,1-6H3. The van der Waals surface area contributed by atoms with E-state index in [1.165, 1.54) is 11.3 Å². The van der Waals surface area contributed by atoms with E-state index in [-0.39, 0.29) is 23.3 Å². The predicted molar refractivity (Wildman–Crippen MR) is 92.9 cm³/mol. The smallest absolute Gasteiger partial charge is 0.265 e. The highest BCUT2D eigenvalue weighted by Gasteiger charge is 2.30. The topological polar surface area (TPSA) is 53.5 Å². The Balaban J connectivity index is 2.06. The van der Waals surface area contributed by atoms with Crippen LogP contribution in [0, 0.1) is 6.92 Å². The van der Waals surface area contributed by atoms with E-state index in [2.05, 4.69) is 25.8 Å². The molecule has 1 fully saturated rings. The zero-order valence-electron chi connectivity index (χ0n) is 15.0. The van der Waals surface area contributed by atoms with Crippen molar-refractivity contribution < 1.29 is 9.59 Å². The minimum absolute atomic E-state index is 0.0366. The molecule has 2 amide bonds. The minimum Gasteiger partial charge on any atom is -0.343 e. The van der Waals surface area contributed by atoms with Crippen molar-refractivity contribution in [3.8, 4) is 0 Å². The number of aryl methyl sites for hydroxylation is 1. The third-order valence-corrected chi connectivity index (χ3v) is 6.00. The van der Waals surface area contributed by atoms with Crippen molar-refractivity contribution in [3.05, 3.63) is 15.6 Å². The summed E-state index contributed by atoms with van der Waals surface area (Å²) in [5.74, 6) is 0.169. The van der Waals surface area contributed by atoms with Gasteiger partial charge in [-0.1, -0.05) is 20.8 Å². The summed E-state index contributed by atoms with van der Waals surface area (Å²) in [6.07, 6.45) is 1.68. The SMILES string of the molecule is CC(=O)N(C)C1CCN(C(=O)c2sc(C(C)(C)C)nc2C)CC1. The first-order valence-corrected chi connectivity index (χ1v) is 8.93. The first kappa shape index (κ1) is 17.9. The number of nitrogens with zero attached hydrogens (tertiary/aromatic N) is 3. The highest BCUT2D eigenvalue weighted by Crippen LogP contribution is 2.30. The number of rotatable bonds is 2. The lowest BCUT2D eigenvalue weighted by Crippen LogP contribution is -2.46. The summed E-state index contributed by atoms with van der Waals surface area (Å²) < 4.78 is 0. The monoisotopic (exact) mass is 337 g/mol. The Morgan fingerprint density at radius 2 is 1.83 bits per heavy atom. The number of piperidine rings is 1. The quantitative estimate of drug-likeness (QED) is 0.834. The summed E-state index contributed by atoms with van der Waals surface area (Å²) in [6.45, 7) is 11.2. The van der Waals surface area contributed by atoms with Gasteiger partial charge in [-0.2, -0.15) is 0 Å². The molecule has 128 valence electrons. The van der Waals surface area contributed by atoms with Crippen molar-refractivity contribution in [1.82, 2.24) is 14.8 Å². The Morgan fingerprint density at radius 1 is 1.26 bits per heavy atom. The summed E-state index contributed by atoms with van der Waals surface area (Å²) in [7, 11) is 1.84. The van der Waals surface area contributed by atoms with Crippen LogP contribution in [-0.2, 0) is 10.2 Å². The fourth-order valence-electron chi connectivity index (χ4n) is 2.77. The third-order valence-electron chi connectivity index (χ3n) is 4.43. The van der Waals surface area contributed by atoms with Gasteiger partial charge < -0.3 is 9.80 Å². The molecule has 0 unspecified atom stereocenters. The zero-order chi connectivity index (χ0) is 17.4. The van der Waals surface area contributed by atoms with Crippen LogP contribution >= 0.6 is 11.3 Å². The van der Waals surface area contributed by atoms with E-state index in [0.29, 0.717) is 13.1 Å². The molecule has 0 aliphatic carbocycles.